The van der Waals surface area contributed by atoms with Gasteiger partial charge in [-0.25, -0.2) is 4.39 Å². The summed E-state index contributed by atoms with van der Waals surface area (Å²) in [6, 6.07) is 3.56. The fraction of sp³-hybridized carbons (Fsp3) is 0.455. The van der Waals surface area contributed by atoms with Crippen molar-refractivity contribution in [2.24, 2.45) is 0 Å². The third-order valence-electron chi connectivity index (χ3n) is 2.76. The Bertz CT molecular complexity index is 405. The summed E-state index contributed by atoms with van der Waals surface area (Å²) < 4.78 is 57.4. The molecule has 1 atom stereocenters. The first-order valence-corrected chi connectivity index (χ1v) is 4.86. The topological polar surface area (TPSA) is 21.3 Å². The standard InChI is InChI=1S/C11H13F4NO/c1-10(16-2,11(13,14)15)9-7(12)5-4-6-8(9)17-3/h4-6,16H,1-3H3. The Labute approximate surface area is 96.6 Å². The number of hydrogen-bond acceptors (Lipinski definition) is 2. The van der Waals surface area contributed by atoms with Crippen LogP contribution in [0.2, 0.25) is 0 Å². The van der Waals surface area contributed by atoms with E-state index in [2.05, 4.69) is 5.32 Å². The fourth-order valence-electron chi connectivity index (χ4n) is 1.57. The molecule has 2 nitrogen and oxygen atoms in total. The van der Waals surface area contributed by atoms with Crippen molar-refractivity contribution in [3.8, 4) is 5.75 Å². The number of ether oxygens (including phenoxy) is 1. The Hall–Kier alpha value is -1.30. The first-order chi connectivity index (χ1) is 7.78. The molecule has 0 saturated carbocycles. The summed E-state index contributed by atoms with van der Waals surface area (Å²) in [6.45, 7) is 0.869. The zero-order valence-electron chi connectivity index (χ0n) is 9.65. The van der Waals surface area contributed by atoms with Crippen molar-refractivity contribution in [3.05, 3.63) is 29.6 Å². The third kappa shape index (κ3) is 2.22. The molecule has 0 amide bonds. The number of benzene rings is 1. The Morgan fingerprint density at radius 1 is 1.24 bits per heavy atom. The summed E-state index contributed by atoms with van der Waals surface area (Å²) in [4.78, 5) is 0. The van der Waals surface area contributed by atoms with Gasteiger partial charge in [-0.05, 0) is 26.1 Å². The molecule has 96 valence electrons. The molecule has 17 heavy (non-hydrogen) atoms. The van der Waals surface area contributed by atoms with Crippen LogP contribution in [0.25, 0.3) is 0 Å². The maximum Gasteiger partial charge on any atom is 0.410 e. The number of halogens is 4. The average molecular weight is 251 g/mol. The predicted molar refractivity (Wildman–Crippen MR) is 55.4 cm³/mol. The molecule has 0 spiro atoms. The summed E-state index contributed by atoms with van der Waals surface area (Å²) in [6.07, 6.45) is -4.64. The van der Waals surface area contributed by atoms with Crippen LogP contribution in [0.5, 0.6) is 5.75 Å². The van der Waals surface area contributed by atoms with Crippen molar-refractivity contribution in [2.45, 2.75) is 18.6 Å². The Morgan fingerprint density at radius 3 is 2.24 bits per heavy atom. The van der Waals surface area contributed by atoms with E-state index < -0.39 is 23.1 Å². The SMILES string of the molecule is CNC(C)(c1c(F)cccc1OC)C(F)(F)F. The van der Waals surface area contributed by atoms with Gasteiger partial charge in [0.25, 0.3) is 0 Å². The first kappa shape index (κ1) is 13.8. The molecular formula is C11H13F4NO. The van der Waals surface area contributed by atoms with Crippen LogP contribution in [-0.4, -0.2) is 20.3 Å². The largest absolute Gasteiger partial charge is 0.496 e. The zero-order chi connectivity index (χ0) is 13.3. The highest BCUT2D eigenvalue weighted by Gasteiger charge is 2.54. The van der Waals surface area contributed by atoms with E-state index in [-0.39, 0.29) is 5.75 Å². The van der Waals surface area contributed by atoms with Gasteiger partial charge in [0.05, 0.1) is 12.7 Å². The molecule has 0 aliphatic carbocycles. The Morgan fingerprint density at radius 2 is 1.82 bits per heavy atom. The molecule has 0 heterocycles. The van der Waals surface area contributed by atoms with Gasteiger partial charge >= 0.3 is 6.18 Å². The minimum absolute atomic E-state index is 0.140. The van der Waals surface area contributed by atoms with E-state index in [1.165, 1.54) is 19.2 Å². The van der Waals surface area contributed by atoms with Crippen LogP contribution in [0.4, 0.5) is 17.6 Å². The summed E-state index contributed by atoms with van der Waals surface area (Å²) in [5.41, 5.74) is -3.04. The Kier molecular flexibility index (Phi) is 3.66. The lowest BCUT2D eigenvalue weighted by atomic mass is 9.90. The van der Waals surface area contributed by atoms with Crippen molar-refractivity contribution < 1.29 is 22.3 Å². The lowest BCUT2D eigenvalue weighted by Crippen LogP contribution is -2.50. The van der Waals surface area contributed by atoms with Gasteiger partial charge in [0.15, 0.2) is 0 Å². The van der Waals surface area contributed by atoms with Gasteiger partial charge in [-0.1, -0.05) is 6.07 Å². The van der Waals surface area contributed by atoms with Gasteiger partial charge in [0, 0.05) is 0 Å². The smallest absolute Gasteiger partial charge is 0.410 e. The van der Waals surface area contributed by atoms with Gasteiger partial charge in [0.2, 0.25) is 0 Å². The van der Waals surface area contributed by atoms with E-state index in [0.29, 0.717) is 0 Å². The minimum Gasteiger partial charge on any atom is -0.496 e. The lowest BCUT2D eigenvalue weighted by Gasteiger charge is -2.33. The van der Waals surface area contributed by atoms with E-state index in [4.69, 9.17) is 4.74 Å². The second kappa shape index (κ2) is 4.52. The van der Waals surface area contributed by atoms with Crippen LogP contribution in [0.1, 0.15) is 12.5 Å². The fourth-order valence-corrected chi connectivity index (χ4v) is 1.57. The maximum atomic E-state index is 13.6. The van der Waals surface area contributed by atoms with Gasteiger partial charge in [0.1, 0.15) is 17.1 Å². The van der Waals surface area contributed by atoms with Gasteiger partial charge in [-0.3, -0.25) is 0 Å². The molecule has 1 rings (SSSR count). The maximum absolute atomic E-state index is 13.6. The highest BCUT2D eigenvalue weighted by atomic mass is 19.4. The van der Waals surface area contributed by atoms with Crippen molar-refractivity contribution in [1.82, 2.24) is 5.32 Å². The summed E-state index contributed by atoms with van der Waals surface area (Å²) in [7, 11) is 2.32. The second-order valence-corrected chi connectivity index (χ2v) is 3.69. The molecule has 0 aromatic heterocycles. The van der Waals surface area contributed by atoms with E-state index in [9.17, 15) is 17.6 Å². The summed E-state index contributed by atoms with van der Waals surface area (Å²) in [5.74, 6) is -1.10. The summed E-state index contributed by atoms with van der Waals surface area (Å²) in [5, 5.41) is 2.11. The quantitative estimate of drug-likeness (QED) is 0.834. The first-order valence-electron chi connectivity index (χ1n) is 4.86. The van der Waals surface area contributed by atoms with Crippen LogP contribution in [0.15, 0.2) is 18.2 Å². The van der Waals surface area contributed by atoms with E-state index in [1.807, 2.05) is 0 Å². The van der Waals surface area contributed by atoms with Crippen molar-refractivity contribution in [2.75, 3.05) is 14.2 Å². The third-order valence-corrected chi connectivity index (χ3v) is 2.76. The number of alkyl halides is 3. The molecule has 1 aromatic carbocycles. The molecule has 0 radical (unpaired) electrons. The average Bonchev–Trinajstić information content (AvgIpc) is 2.26. The highest BCUT2D eigenvalue weighted by molar-refractivity contribution is 5.41. The summed E-state index contributed by atoms with van der Waals surface area (Å²) >= 11 is 0. The van der Waals surface area contributed by atoms with Gasteiger partial charge < -0.3 is 10.1 Å². The van der Waals surface area contributed by atoms with E-state index in [1.54, 1.807) is 0 Å². The van der Waals surface area contributed by atoms with Crippen LogP contribution in [0.3, 0.4) is 0 Å². The minimum atomic E-state index is -4.64. The van der Waals surface area contributed by atoms with Crippen LogP contribution in [0, 0.1) is 5.82 Å². The van der Waals surface area contributed by atoms with Crippen LogP contribution in [-0.2, 0) is 5.54 Å². The van der Waals surface area contributed by atoms with Gasteiger partial charge in [-0.15, -0.1) is 0 Å². The molecule has 0 aliphatic rings. The van der Waals surface area contributed by atoms with E-state index in [0.717, 1.165) is 20.0 Å². The second-order valence-electron chi connectivity index (χ2n) is 3.69. The molecule has 0 saturated heterocycles. The molecule has 1 N–H and O–H groups in total. The van der Waals surface area contributed by atoms with E-state index >= 15 is 0 Å². The van der Waals surface area contributed by atoms with Crippen LogP contribution < -0.4 is 10.1 Å². The molecule has 0 bridgehead atoms. The highest BCUT2D eigenvalue weighted by Crippen LogP contribution is 2.43. The molecule has 0 fully saturated rings. The monoisotopic (exact) mass is 251 g/mol. The molecule has 6 heteroatoms. The number of methoxy groups -OCH3 is 1. The molecular weight excluding hydrogens is 238 g/mol. The molecule has 0 aliphatic heterocycles. The van der Waals surface area contributed by atoms with Crippen molar-refractivity contribution in [1.29, 1.82) is 0 Å². The zero-order valence-corrected chi connectivity index (χ0v) is 9.65. The van der Waals surface area contributed by atoms with Crippen LogP contribution >= 0.6 is 0 Å². The molecule has 1 aromatic rings. The van der Waals surface area contributed by atoms with Crippen molar-refractivity contribution in [3.63, 3.8) is 0 Å². The normalized spacial score (nSPS) is 15.5. The number of nitrogens with one attached hydrogen (secondary N) is 1. The number of rotatable bonds is 3. The van der Waals surface area contributed by atoms with Crippen molar-refractivity contribution >= 4 is 0 Å². The number of hydrogen-bond donors (Lipinski definition) is 1. The molecule has 1 unspecified atom stereocenters. The Balaban J connectivity index is 3.50. The lowest BCUT2D eigenvalue weighted by molar-refractivity contribution is -0.194. The van der Waals surface area contributed by atoms with Gasteiger partial charge in [-0.2, -0.15) is 13.2 Å². The predicted octanol–water partition coefficient (Wildman–Crippen LogP) is 2.83.